The summed E-state index contributed by atoms with van der Waals surface area (Å²) >= 11 is 0. The monoisotopic (exact) mass is 246 g/mol. The Kier molecular flexibility index (Phi) is 4.07. The highest BCUT2D eigenvalue weighted by atomic mass is 32.2. The van der Waals surface area contributed by atoms with Gasteiger partial charge in [0.25, 0.3) is 0 Å². The van der Waals surface area contributed by atoms with E-state index < -0.39 is 9.84 Å². The van der Waals surface area contributed by atoms with E-state index in [0.29, 0.717) is 12.3 Å². The molecule has 0 radical (unpaired) electrons. The first kappa shape index (κ1) is 13.2. The fraction of sp³-hybridized carbons (Fsp3) is 0.800. The standard InChI is InChI=1S/C10H18N2O3S/c1-8(2)6-9-7-10(13)12(11-9)4-5-16(3,14)15/h8H,4-7H2,1-3H3. The number of hydrazone groups is 1. The van der Waals surface area contributed by atoms with Crippen molar-refractivity contribution in [1.29, 1.82) is 0 Å². The first-order valence-corrected chi connectivity index (χ1v) is 7.38. The largest absolute Gasteiger partial charge is 0.273 e. The van der Waals surface area contributed by atoms with Crippen LogP contribution in [0.5, 0.6) is 0 Å². The molecule has 0 aromatic rings. The van der Waals surface area contributed by atoms with Crippen LogP contribution in [-0.4, -0.2) is 43.6 Å². The molecule has 0 atom stereocenters. The zero-order chi connectivity index (χ0) is 12.3. The van der Waals surface area contributed by atoms with E-state index in [9.17, 15) is 13.2 Å². The Labute approximate surface area is 96.4 Å². The Morgan fingerprint density at radius 2 is 2.06 bits per heavy atom. The highest BCUT2D eigenvalue weighted by Gasteiger charge is 2.24. The van der Waals surface area contributed by atoms with Gasteiger partial charge in [0.15, 0.2) is 0 Å². The third-order valence-electron chi connectivity index (χ3n) is 2.22. The number of hydrogen-bond donors (Lipinski definition) is 0. The van der Waals surface area contributed by atoms with Crippen molar-refractivity contribution in [3.8, 4) is 0 Å². The van der Waals surface area contributed by atoms with E-state index in [0.717, 1.165) is 18.4 Å². The van der Waals surface area contributed by atoms with Gasteiger partial charge < -0.3 is 0 Å². The summed E-state index contributed by atoms with van der Waals surface area (Å²) in [6.07, 6.45) is 2.29. The second-order valence-electron chi connectivity index (χ2n) is 4.59. The minimum absolute atomic E-state index is 0.0306. The number of sulfone groups is 1. The van der Waals surface area contributed by atoms with Crippen molar-refractivity contribution in [2.45, 2.75) is 26.7 Å². The van der Waals surface area contributed by atoms with Crippen molar-refractivity contribution in [3.63, 3.8) is 0 Å². The lowest BCUT2D eigenvalue weighted by molar-refractivity contribution is -0.128. The molecule has 0 aromatic carbocycles. The van der Waals surface area contributed by atoms with Crippen LogP contribution < -0.4 is 0 Å². The number of carbonyl (C=O) groups is 1. The molecular formula is C10H18N2O3S. The number of nitrogens with zero attached hydrogens (tertiary/aromatic N) is 2. The third kappa shape index (κ3) is 4.30. The van der Waals surface area contributed by atoms with E-state index in [2.05, 4.69) is 18.9 Å². The second-order valence-corrected chi connectivity index (χ2v) is 6.85. The van der Waals surface area contributed by atoms with E-state index in [4.69, 9.17) is 0 Å². The fourth-order valence-corrected chi connectivity index (χ4v) is 2.04. The van der Waals surface area contributed by atoms with Crippen LogP contribution in [0.2, 0.25) is 0 Å². The van der Waals surface area contributed by atoms with Gasteiger partial charge in [0.2, 0.25) is 5.91 Å². The summed E-state index contributed by atoms with van der Waals surface area (Å²) < 4.78 is 21.9. The number of rotatable bonds is 5. The molecule has 6 heteroatoms. The van der Waals surface area contributed by atoms with Crippen molar-refractivity contribution in [1.82, 2.24) is 5.01 Å². The molecule has 0 saturated carbocycles. The maximum absolute atomic E-state index is 11.5. The van der Waals surface area contributed by atoms with Gasteiger partial charge in [-0.2, -0.15) is 5.10 Å². The molecule has 5 nitrogen and oxygen atoms in total. The lowest BCUT2D eigenvalue weighted by atomic mass is 10.1. The van der Waals surface area contributed by atoms with Crippen LogP contribution in [0.25, 0.3) is 0 Å². The molecule has 92 valence electrons. The van der Waals surface area contributed by atoms with Crippen molar-refractivity contribution >= 4 is 21.5 Å². The van der Waals surface area contributed by atoms with Crippen LogP contribution in [0.1, 0.15) is 26.7 Å². The van der Waals surface area contributed by atoms with E-state index in [1.807, 2.05) is 0 Å². The first-order chi connectivity index (χ1) is 7.28. The maximum Gasteiger partial charge on any atom is 0.248 e. The highest BCUT2D eigenvalue weighted by Crippen LogP contribution is 2.14. The van der Waals surface area contributed by atoms with Gasteiger partial charge in [-0.3, -0.25) is 4.79 Å². The molecule has 0 aromatic heterocycles. The summed E-state index contributed by atoms with van der Waals surface area (Å²) in [6, 6.07) is 0. The molecule has 0 unspecified atom stereocenters. The van der Waals surface area contributed by atoms with Crippen molar-refractivity contribution in [2.24, 2.45) is 11.0 Å². The lowest BCUT2D eigenvalue weighted by Crippen LogP contribution is -2.26. The predicted octanol–water partition coefficient (Wildman–Crippen LogP) is 0.665. The van der Waals surface area contributed by atoms with Crippen LogP contribution in [0, 0.1) is 5.92 Å². The van der Waals surface area contributed by atoms with Crippen LogP contribution >= 0.6 is 0 Å². The Balaban J connectivity index is 2.55. The third-order valence-corrected chi connectivity index (χ3v) is 3.15. The average Bonchev–Trinajstić information content (AvgIpc) is 2.40. The minimum atomic E-state index is -3.04. The molecule has 1 aliphatic rings. The van der Waals surface area contributed by atoms with E-state index in [-0.39, 0.29) is 18.2 Å². The molecule has 0 spiro atoms. The minimum Gasteiger partial charge on any atom is -0.273 e. The van der Waals surface area contributed by atoms with Gasteiger partial charge in [0.05, 0.1) is 18.7 Å². The zero-order valence-corrected chi connectivity index (χ0v) is 10.7. The maximum atomic E-state index is 11.5. The van der Waals surface area contributed by atoms with Gasteiger partial charge in [-0.05, 0) is 12.3 Å². The predicted molar refractivity (Wildman–Crippen MR) is 62.9 cm³/mol. The van der Waals surface area contributed by atoms with E-state index in [1.165, 1.54) is 5.01 Å². The molecular weight excluding hydrogens is 228 g/mol. The van der Waals surface area contributed by atoms with Gasteiger partial charge >= 0.3 is 0 Å². The topological polar surface area (TPSA) is 66.8 Å². The Morgan fingerprint density at radius 1 is 1.44 bits per heavy atom. The van der Waals surface area contributed by atoms with Gasteiger partial charge in [0.1, 0.15) is 9.84 Å². The normalized spacial score (nSPS) is 17.1. The Morgan fingerprint density at radius 3 is 2.56 bits per heavy atom. The Bertz CT molecular complexity index is 398. The van der Waals surface area contributed by atoms with Gasteiger partial charge in [-0.1, -0.05) is 13.8 Å². The molecule has 1 aliphatic heterocycles. The van der Waals surface area contributed by atoms with E-state index >= 15 is 0 Å². The van der Waals surface area contributed by atoms with Crippen LogP contribution in [0.4, 0.5) is 0 Å². The Hall–Kier alpha value is -0.910. The van der Waals surface area contributed by atoms with Gasteiger partial charge in [0, 0.05) is 12.0 Å². The van der Waals surface area contributed by atoms with Gasteiger partial charge in [-0.25, -0.2) is 13.4 Å². The summed E-state index contributed by atoms with van der Waals surface area (Å²) in [6.45, 7) is 4.29. The summed E-state index contributed by atoms with van der Waals surface area (Å²) in [5, 5.41) is 5.42. The molecule has 0 aliphatic carbocycles. The number of hydrogen-bond acceptors (Lipinski definition) is 4. The molecule has 0 N–H and O–H groups in total. The molecule has 1 rings (SSSR count). The number of amides is 1. The zero-order valence-electron chi connectivity index (χ0n) is 9.93. The van der Waals surface area contributed by atoms with Crippen LogP contribution in [-0.2, 0) is 14.6 Å². The molecule has 1 amide bonds. The molecule has 0 fully saturated rings. The summed E-state index contributed by atoms with van der Waals surface area (Å²) in [7, 11) is -3.04. The van der Waals surface area contributed by atoms with E-state index in [1.54, 1.807) is 0 Å². The summed E-state index contributed by atoms with van der Waals surface area (Å²) in [4.78, 5) is 11.5. The smallest absolute Gasteiger partial charge is 0.248 e. The van der Waals surface area contributed by atoms with Crippen molar-refractivity contribution < 1.29 is 13.2 Å². The molecule has 16 heavy (non-hydrogen) atoms. The molecule has 0 bridgehead atoms. The molecule has 1 heterocycles. The first-order valence-electron chi connectivity index (χ1n) is 5.32. The fourth-order valence-electron chi connectivity index (χ4n) is 1.54. The summed E-state index contributed by atoms with van der Waals surface area (Å²) in [5.41, 5.74) is 0.855. The van der Waals surface area contributed by atoms with Crippen molar-refractivity contribution in [3.05, 3.63) is 0 Å². The molecule has 0 saturated heterocycles. The SMILES string of the molecule is CC(C)CC1=NN(CCS(C)(=O)=O)C(=O)C1. The van der Waals surface area contributed by atoms with Crippen molar-refractivity contribution in [2.75, 3.05) is 18.6 Å². The van der Waals surface area contributed by atoms with Gasteiger partial charge in [-0.15, -0.1) is 0 Å². The van der Waals surface area contributed by atoms with Crippen LogP contribution in [0.15, 0.2) is 5.10 Å². The summed E-state index contributed by atoms with van der Waals surface area (Å²) in [5.74, 6) is 0.331. The second kappa shape index (κ2) is 4.95. The number of carbonyl (C=O) groups excluding carboxylic acids is 1. The van der Waals surface area contributed by atoms with Crippen LogP contribution in [0.3, 0.4) is 0 Å². The average molecular weight is 246 g/mol. The highest BCUT2D eigenvalue weighted by molar-refractivity contribution is 7.90. The quantitative estimate of drug-likeness (QED) is 0.716. The lowest BCUT2D eigenvalue weighted by Gasteiger charge is -2.10.